The number of carbonyl (C=O) groups excluding carboxylic acids is 2. The Hall–Kier alpha value is -3.22. The van der Waals surface area contributed by atoms with Gasteiger partial charge in [-0.25, -0.2) is 13.2 Å². The van der Waals surface area contributed by atoms with Gasteiger partial charge in [-0.15, -0.1) is 0 Å². The molecule has 1 unspecified atom stereocenters. The van der Waals surface area contributed by atoms with Gasteiger partial charge in [0.15, 0.2) is 5.78 Å². The zero-order valence-electron chi connectivity index (χ0n) is 19.7. The second kappa shape index (κ2) is 10.6. The number of Topliss-reactive ketones (excluding diaryl/α,β-unsaturated/α-hetero) is 1. The minimum Gasteiger partial charge on any atom is -0.325 e. The van der Waals surface area contributed by atoms with Crippen molar-refractivity contribution in [3.8, 4) is 0 Å². The van der Waals surface area contributed by atoms with E-state index in [1.54, 1.807) is 24.3 Å². The van der Waals surface area contributed by atoms with Crippen molar-refractivity contribution in [1.29, 1.82) is 0 Å². The van der Waals surface area contributed by atoms with Gasteiger partial charge in [-0.2, -0.15) is 16.5 Å². The molecule has 0 saturated heterocycles. The van der Waals surface area contributed by atoms with Crippen LogP contribution in [0, 0.1) is 0 Å². The van der Waals surface area contributed by atoms with Gasteiger partial charge in [-0.1, -0.05) is 0 Å². The molecule has 2 aromatic carbocycles. The summed E-state index contributed by atoms with van der Waals surface area (Å²) in [6, 6.07) is 9.07. The molecule has 35 heavy (non-hydrogen) atoms. The molecule has 0 aliphatic rings. The van der Waals surface area contributed by atoms with Crippen LogP contribution in [0.4, 0.5) is 5.69 Å². The van der Waals surface area contributed by atoms with Crippen molar-refractivity contribution in [3.63, 3.8) is 0 Å². The number of nitrogens with zero attached hydrogens (tertiary/aromatic N) is 2. The number of aromatic nitrogens is 2. The number of benzene rings is 2. The molecule has 0 spiro atoms. The van der Waals surface area contributed by atoms with Gasteiger partial charge >= 0.3 is 5.69 Å². The average molecular weight is 519 g/mol. The molecule has 0 radical (unpaired) electrons. The first-order valence-corrected chi connectivity index (χ1v) is 13.5. The monoisotopic (exact) mass is 518 g/mol. The van der Waals surface area contributed by atoms with Crippen molar-refractivity contribution in [3.05, 3.63) is 68.9 Å². The van der Waals surface area contributed by atoms with E-state index in [-0.39, 0.29) is 22.5 Å². The third kappa shape index (κ3) is 5.72. The molecule has 1 aromatic heterocycles. The zero-order valence-corrected chi connectivity index (χ0v) is 21.3. The molecule has 3 rings (SSSR count). The number of ketones is 1. The van der Waals surface area contributed by atoms with Crippen LogP contribution in [0.1, 0.15) is 23.7 Å². The third-order valence-corrected chi connectivity index (χ3v) is 7.65. The van der Waals surface area contributed by atoms with Gasteiger partial charge in [0.05, 0.1) is 15.8 Å². The highest BCUT2D eigenvalue weighted by molar-refractivity contribution is 7.98. The van der Waals surface area contributed by atoms with Crippen molar-refractivity contribution in [2.45, 2.75) is 24.3 Å². The number of fused-ring (bicyclic) bond motifs is 1. The van der Waals surface area contributed by atoms with Gasteiger partial charge in [0, 0.05) is 25.3 Å². The first-order valence-electron chi connectivity index (χ1n) is 10.6. The van der Waals surface area contributed by atoms with Gasteiger partial charge in [0.25, 0.3) is 5.56 Å². The fraction of sp³-hybridized carbons (Fsp3) is 0.304. The Balaban J connectivity index is 1.91. The largest absolute Gasteiger partial charge is 0.330 e. The summed E-state index contributed by atoms with van der Waals surface area (Å²) in [4.78, 5) is 48.9. The molecule has 186 valence electrons. The molecule has 12 heteroatoms. The first kappa shape index (κ1) is 26.4. The van der Waals surface area contributed by atoms with Gasteiger partial charge in [-0.05, 0) is 67.8 Å². The van der Waals surface area contributed by atoms with E-state index in [0.717, 1.165) is 4.57 Å². The highest BCUT2D eigenvalue weighted by atomic mass is 32.2. The van der Waals surface area contributed by atoms with Gasteiger partial charge in [-0.3, -0.25) is 23.5 Å². The Morgan fingerprint density at radius 2 is 1.69 bits per heavy atom. The summed E-state index contributed by atoms with van der Waals surface area (Å²) in [5, 5.41) is 2.74. The molecule has 2 N–H and O–H groups in total. The zero-order chi connectivity index (χ0) is 25.9. The molecule has 1 atom stereocenters. The summed E-state index contributed by atoms with van der Waals surface area (Å²) in [6.07, 6.45) is 2.06. The third-order valence-electron chi connectivity index (χ3n) is 5.53. The second-order valence-corrected chi connectivity index (χ2v) is 10.7. The lowest BCUT2D eigenvalue weighted by atomic mass is 10.1. The maximum absolute atomic E-state index is 13.2. The Morgan fingerprint density at radius 3 is 2.29 bits per heavy atom. The SMILES string of the molecule is CSCCC(NS(=O)(=O)c1ccc2c(c1)c(=O)n(C)c(=O)n2C)C(=O)Nc1ccc(C(C)=O)cc1. The van der Waals surface area contributed by atoms with Crippen molar-refractivity contribution in [2.24, 2.45) is 14.1 Å². The predicted octanol–water partition coefficient (Wildman–Crippen LogP) is 1.48. The highest BCUT2D eigenvalue weighted by Gasteiger charge is 2.26. The Bertz CT molecular complexity index is 1510. The van der Waals surface area contributed by atoms with Crippen molar-refractivity contribution >= 4 is 50.1 Å². The number of anilines is 1. The molecule has 0 fully saturated rings. The average Bonchev–Trinajstić information content (AvgIpc) is 2.83. The summed E-state index contributed by atoms with van der Waals surface area (Å²) in [5.41, 5.74) is 0.0565. The van der Waals surface area contributed by atoms with Gasteiger partial charge in [0.2, 0.25) is 15.9 Å². The van der Waals surface area contributed by atoms with E-state index >= 15 is 0 Å². The minimum atomic E-state index is -4.19. The van der Waals surface area contributed by atoms with Crippen molar-refractivity contribution in [2.75, 3.05) is 17.3 Å². The predicted molar refractivity (Wildman–Crippen MR) is 137 cm³/mol. The Morgan fingerprint density at radius 1 is 1.03 bits per heavy atom. The fourth-order valence-corrected chi connectivity index (χ4v) is 5.22. The molecule has 3 aromatic rings. The van der Waals surface area contributed by atoms with E-state index < -0.39 is 33.2 Å². The Kier molecular flexibility index (Phi) is 7.98. The maximum Gasteiger partial charge on any atom is 0.330 e. The fourth-order valence-electron chi connectivity index (χ4n) is 3.49. The van der Waals surface area contributed by atoms with Gasteiger partial charge < -0.3 is 5.32 Å². The summed E-state index contributed by atoms with van der Waals surface area (Å²) in [6.45, 7) is 1.43. The lowest BCUT2D eigenvalue weighted by Crippen LogP contribution is -2.44. The number of hydrogen-bond donors (Lipinski definition) is 2. The van der Waals surface area contributed by atoms with Crippen molar-refractivity contribution in [1.82, 2.24) is 13.9 Å². The molecular weight excluding hydrogens is 492 g/mol. The van der Waals surface area contributed by atoms with Gasteiger partial charge in [0.1, 0.15) is 6.04 Å². The highest BCUT2D eigenvalue weighted by Crippen LogP contribution is 2.17. The molecule has 0 aliphatic carbocycles. The number of aryl methyl sites for hydroxylation is 1. The number of hydrogen-bond acceptors (Lipinski definition) is 7. The van der Waals surface area contributed by atoms with E-state index in [4.69, 9.17) is 0 Å². The summed E-state index contributed by atoms with van der Waals surface area (Å²) in [7, 11) is -1.39. The van der Waals surface area contributed by atoms with E-state index in [9.17, 15) is 27.6 Å². The summed E-state index contributed by atoms with van der Waals surface area (Å²) < 4.78 is 30.9. The number of amides is 1. The maximum atomic E-state index is 13.2. The molecule has 0 bridgehead atoms. The van der Waals surface area contributed by atoms with Crippen LogP contribution in [0.2, 0.25) is 0 Å². The lowest BCUT2D eigenvalue weighted by Gasteiger charge is -2.19. The number of sulfonamides is 1. The molecule has 10 nitrogen and oxygen atoms in total. The summed E-state index contributed by atoms with van der Waals surface area (Å²) >= 11 is 1.46. The smallest absolute Gasteiger partial charge is 0.325 e. The number of rotatable bonds is 9. The van der Waals surface area contributed by atoms with E-state index in [1.807, 2.05) is 6.26 Å². The summed E-state index contributed by atoms with van der Waals surface area (Å²) in [5.74, 6) is -0.152. The quantitative estimate of drug-likeness (QED) is 0.410. The molecule has 0 saturated carbocycles. The topological polar surface area (TPSA) is 136 Å². The van der Waals surface area contributed by atoms with Crippen LogP contribution in [0.5, 0.6) is 0 Å². The normalized spacial score (nSPS) is 12.5. The second-order valence-electron chi connectivity index (χ2n) is 7.96. The van der Waals surface area contributed by atoms with Crippen molar-refractivity contribution < 1.29 is 18.0 Å². The van der Waals surface area contributed by atoms with E-state index in [2.05, 4.69) is 10.0 Å². The standard InChI is InChI=1S/C23H26N4O6S2/c1-14(28)15-5-7-16(8-6-15)24-21(29)19(11-12-34-4)25-35(32,33)17-9-10-20-18(13-17)22(30)27(3)23(31)26(20)2/h5-10,13,19,25H,11-12H2,1-4H3,(H,24,29). The van der Waals surface area contributed by atoms with Crippen LogP contribution in [0.15, 0.2) is 56.9 Å². The molecule has 0 aliphatic heterocycles. The number of thioether (sulfide) groups is 1. The molecule has 1 heterocycles. The van der Waals surface area contributed by atoms with Crippen LogP contribution in [-0.2, 0) is 28.9 Å². The van der Waals surface area contributed by atoms with Crippen LogP contribution in [-0.4, -0.2) is 47.3 Å². The van der Waals surface area contributed by atoms with Crippen LogP contribution in [0.3, 0.4) is 0 Å². The Labute approximate surface area is 206 Å². The van der Waals surface area contributed by atoms with E-state index in [0.29, 0.717) is 22.5 Å². The van der Waals surface area contributed by atoms with E-state index in [1.165, 1.54) is 55.5 Å². The number of carbonyl (C=O) groups is 2. The number of nitrogens with one attached hydrogen (secondary N) is 2. The van der Waals surface area contributed by atoms with Crippen LogP contribution in [0.25, 0.3) is 10.9 Å². The minimum absolute atomic E-state index is 0.0631. The first-order chi connectivity index (χ1) is 16.5. The molecule has 1 amide bonds. The van der Waals surface area contributed by atoms with Crippen LogP contribution >= 0.6 is 11.8 Å². The van der Waals surface area contributed by atoms with Crippen LogP contribution < -0.4 is 21.3 Å². The molecular formula is C23H26N4O6S2. The lowest BCUT2D eigenvalue weighted by molar-refractivity contribution is -0.117.